The number of hydrogen-bond donors (Lipinski definition) is 0. The van der Waals surface area contributed by atoms with Gasteiger partial charge in [-0.25, -0.2) is 0 Å². The molecule has 1 radical (unpaired) electrons. The zero-order chi connectivity index (χ0) is 25.8. The quantitative estimate of drug-likeness (QED) is 0.133. The van der Waals surface area contributed by atoms with Gasteiger partial charge in [0.1, 0.15) is 0 Å². The lowest BCUT2D eigenvalue weighted by Crippen LogP contribution is -2.34. The van der Waals surface area contributed by atoms with Crippen molar-refractivity contribution in [2.45, 2.75) is 83.5 Å². The zero-order valence-electron chi connectivity index (χ0n) is 21.8. The van der Waals surface area contributed by atoms with Crippen molar-refractivity contribution < 1.29 is 0 Å². The molecular formula is C32H35Br2S2Si. The van der Waals surface area contributed by atoms with Gasteiger partial charge in [0.05, 0.1) is 16.7 Å². The van der Waals surface area contributed by atoms with Gasteiger partial charge in [-0.05, 0) is 114 Å². The Labute approximate surface area is 250 Å². The fourth-order valence-corrected chi connectivity index (χ4v) is 10.4. The van der Waals surface area contributed by atoms with Gasteiger partial charge in [0.25, 0.3) is 0 Å². The molecule has 5 rings (SSSR count). The van der Waals surface area contributed by atoms with Gasteiger partial charge in [0.2, 0.25) is 0 Å². The number of hydrogen-bond acceptors (Lipinski definition) is 2. The van der Waals surface area contributed by atoms with E-state index in [0.29, 0.717) is 0 Å². The third-order valence-electron chi connectivity index (χ3n) is 7.87. The van der Waals surface area contributed by atoms with Gasteiger partial charge in [-0.15, -0.1) is 22.7 Å². The Morgan fingerprint density at radius 1 is 0.757 bits per heavy atom. The van der Waals surface area contributed by atoms with Crippen LogP contribution in [0.25, 0.3) is 21.6 Å². The molecule has 2 aliphatic rings. The Bertz CT molecular complexity index is 1330. The van der Waals surface area contributed by atoms with Gasteiger partial charge in [0.15, 0.2) is 0 Å². The lowest BCUT2D eigenvalue weighted by Gasteiger charge is -2.34. The molecule has 0 bridgehead atoms. The van der Waals surface area contributed by atoms with Gasteiger partial charge >= 0.3 is 0 Å². The van der Waals surface area contributed by atoms with E-state index < -0.39 is 0 Å². The first kappa shape index (κ1) is 27.7. The summed E-state index contributed by atoms with van der Waals surface area (Å²) in [5.74, 6) is 0. The second-order valence-electron chi connectivity index (χ2n) is 10.3. The third-order valence-corrected chi connectivity index (χ3v) is 12.7. The van der Waals surface area contributed by atoms with E-state index in [0.717, 1.165) is 9.13 Å². The summed E-state index contributed by atoms with van der Waals surface area (Å²) in [6.45, 7) is 4.65. The average molecular weight is 672 g/mol. The lowest BCUT2D eigenvalue weighted by molar-refractivity contribution is 0.440. The summed E-state index contributed by atoms with van der Waals surface area (Å²) in [6, 6.07) is 16.3. The third kappa shape index (κ3) is 5.86. The highest BCUT2D eigenvalue weighted by Gasteiger charge is 2.45. The minimum atomic E-state index is 0.184. The second kappa shape index (κ2) is 12.5. The first-order chi connectivity index (χ1) is 18.1. The molecule has 1 aromatic carbocycles. The van der Waals surface area contributed by atoms with Gasteiger partial charge < -0.3 is 0 Å². The fraction of sp³-hybridized carbons (Fsp3) is 0.406. The fourth-order valence-electron chi connectivity index (χ4n) is 6.00. The summed E-state index contributed by atoms with van der Waals surface area (Å²) in [6.07, 6.45) is 15.7. The topological polar surface area (TPSA) is 0 Å². The molecule has 1 aliphatic carbocycles. The highest BCUT2D eigenvalue weighted by molar-refractivity contribution is 9.11. The van der Waals surface area contributed by atoms with Crippen LogP contribution < -0.4 is 0 Å². The molecule has 0 nitrogen and oxygen atoms in total. The van der Waals surface area contributed by atoms with Gasteiger partial charge in [-0.1, -0.05) is 83.0 Å². The predicted molar refractivity (Wildman–Crippen MR) is 175 cm³/mol. The highest BCUT2D eigenvalue weighted by atomic mass is 79.9. The van der Waals surface area contributed by atoms with Crippen molar-refractivity contribution in [3.8, 4) is 10.4 Å². The molecule has 0 unspecified atom stereocenters. The monoisotopic (exact) mass is 669 g/mol. The molecule has 0 atom stereocenters. The number of halogens is 2. The van der Waals surface area contributed by atoms with Crippen molar-refractivity contribution in [3.05, 3.63) is 77.8 Å². The van der Waals surface area contributed by atoms with Crippen LogP contribution in [0.5, 0.6) is 0 Å². The van der Waals surface area contributed by atoms with E-state index in [4.69, 9.17) is 0 Å². The molecule has 0 fully saturated rings. The van der Waals surface area contributed by atoms with Crippen LogP contribution >= 0.6 is 54.5 Å². The maximum absolute atomic E-state index is 3.69. The summed E-state index contributed by atoms with van der Waals surface area (Å²) in [5, 5.41) is 1.72. The van der Waals surface area contributed by atoms with Crippen molar-refractivity contribution in [2.75, 3.05) is 0 Å². The molecule has 3 heterocycles. The highest BCUT2D eigenvalue weighted by Crippen LogP contribution is 2.52. The molecule has 2 aromatic heterocycles. The molecule has 0 spiro atoms. The molecule has 3 aromatic rings. The second-order valence-corrected chi connectivity index (χ2v) is 16.4. The number of thiophene rings is 2. The van der Waals surface area contributed by atoms with Crippen LogP contribution in [0.4, 0.5) is 0 Å². The van der Waals surface area contributed by atoms with Crippen LogP contribution in [0.15, 0.2) is 61.8 Å². The van der Waals surface area contributed by atoms with Gasteiger partial charge in [0, 0.05) is 15.2 Å². The first-order valence-corrected chi connectivity index (χ1v) is 18.1. The molecule has 5 heteroatoms. The summed E-state index contributed by atoms with van der Waals surface area (Å²) in [5.41, 5.74) is 10.1. The molecule has 0 N–H and O–H groups in total. The molecule has 0 saturated heterocycles. The van der Waals surface area contributed by atoms with Crippen LogP contribution in [-0.2, 0) is 5.41 Å². The Morgan fingerprint density at radius 3 is 2.00 bits per heavy atom. The van der Waals surface area contributed by atoms with E-state index in [1.165, 1.54) is 104 Å². The summed E-state index contributed by atoms with van der Waals surface area (Å²) >= 11 is 11.1. The Hall–Kier alpha value is -0.853. The smallest absolute Gasteiger partial charge is 0.0705 e. The SMILES string of the molecule is CCCCCCC1(CCCCCC)C2=[Si]C=C(c3ccc(Br)s3)C=C2c2ccc(-c3ccc(Br)s3)cc21. The molecule has 37 heavy (non-hydrogen) atoms. The molecule has 193 valence electrons. The number of benzene rings is 1. The van der Waals surface area contributed by atoms with Crippen LogP contribution in [-0.4, -0.2) is 14.3 Å². The van der Waals surface area contributed by atoms with Crippen molar-refractivity contribution in [1.82, 2.24) is 0 Å². The molecular weight excluding hydrogens is 636 g/mol. The number of fused-ring (bicyclic) bond motifs is 3. The van der Waals surface area contributed by atoms with Crippen LogP contribution in [0.2, 0.25) is 0 Å². The Kier molecular flexibility index (Phi) is 9.40. The van der Waals surface area contributed by atoms with Crippen molar-refractivity contribution in [3.63, 3.8) is 0 Å². The summed E-state index contributed by atoms with van der Waals surface area (Å²) in [4.78, 5) is 2.73. The predicted octanol–water partition coefficient (Wildman–Crippen LogP) is 11.5. The zero-order valence-corrected chi connectivity index (χ0v) is 27.6. The van der Waals surface area contributed by atoms with Gasteiger partial charge in [-0.2, -0.15) is 0 Å². The standard InChI is InChI=1S/C32H35Br2S2Si/c1-3-5-7-9-17-32(18-10-8-6-4-2)26-20-22(27-13-15-29(33)35-27)11-12-24(26)25-19-23(21-37-31(25)32)28-14-16-30(34)36-28/h11-16,19-21H,3-10,17-18H2,1-2H3. The minimum absolute atomic E-state index is 0.184. The Balaban J connectivity index is 1.62. The largest absolute Gasteiger partial charge is 0.128 e. The lowest BCUT2D eigenvalue weighted by atomic mass is 9.72. The van der Waals surface area contributed by atoms with Crippen molar-refractivity contribution >= 4 is 80.0 Å². The van der Waals surface area contributed by atoms with Crippen LogP contribution in [0.1, 0.15) is 94.1 Å². The maximum atomic E-state index is 3.69. The van der Waals surface area contributed by atoms with Gasteiger partial charge in [-0.3, -0.25) is 0 Å². The van der Waals surface area contributed by atoms with E-state index >= 15 is 0 Å². The van der Waals surface area contributed by atoms with Crippen molar-refractivity contribution in [2.24, 2.45) is 0 Å². The Morgan fingerprint density at radius 2 is 1.41 bits per heavy atom. The van der Waals surface area contributed by atoms with E-state index in [9.17, 15) is 0 Å². The van der Waals surface area contributed by atoms with E-state index in [1.54, 1.807) is 10.7 Å². The molecule has 1 aliphatic heterocycles. The van der Waals surface area contributed by atoms with Crippen LogP contribution in [0, 0.1) is 0 Å². The number of unbranched alkanes of at least 4 members (excludes halogenated alkanes) is 6. The van der Waals surface area contributed by atoms with E-state index in [1.807, 2.05) is 22.7 Å². The summed E-state index contributed by atoms with van der Waals surface area (Å²) in [7, 11) is 0.763. The van der Waals surface area contributed by atoms with E-state index in [2.05, 4.69) is 99.9 Å². The first-order valence-electron chi connectivity index (χ1n) is 13.8. The minimum Gasteiger partial charge on any atom is -0.128 e. The normalized spacial score (nSPS) is 15.7. The van der Waals surface area contributed by atoms with Crippen molar-refractivity contribution in [1.29, 1.82) is 0 Å². The molecule has 0 amide bonds. The summed E-state index contributed by atoms with van der Waals surface area (Å²) < 4.78 is 2.41. The number of rotatable bonds is 12. The van der Waals surface area contributed by atoms with Crippen LogP contribution in [0.3, 0.4) is 0 Å². The van der Waals surface area contributed by atoms with E-state index in [-0.39, 0.29) is 5.41 Å². The maximum Gasteiger partial charge on any atom is 0.0705 e. The molecule has 0 saturated carbocycles. The average Bonchev–Trinajstić information content (AvgIpc) is 3.61. The number of allylic oxidation sites excluding steroid dienone is 3.